The summed E-state index contributed by atoms with van der Waals surface area (Å²) >= 11 is 0. The number of benzene rings is 1. The van der Waals surface area contributed by atoms with Gasteiger partial charge in [0.15, 0.2) is 5.78 Å². The molecule has 0 radical (unpaired) electrons. The minimum Gasteiger partial charge on any atom is -0.294 e. The Hall–Kier alpha value is -2.03. The van der Waals surface area contributed by atoms with Crippen molar-refractivity contribution in [3.05, 3.63) is 48.0 Å². The van der Waals surface area contributed by atoms with Crippen LogP contribution in [0.1, 0.15) is 15.9 Å². The second-order valence-corrected chi connectivity index (χ2v) is 3.57. The summed E-state index contributed by atoms with van der Waals surface area (Å²) in [6, 6.07) is 5.90. The third-order valence-corrected chi connectivity index (χ3v) is 2.65. The highest BCUT2D eigenvalue weighted by molar-refractivity contribution is 6.11. The molecule has 1 aliphatic carbocycles. The monoisotopic (exact) mass is 196 g/mol. The lowest BCUT2D eigenvalue weighted by atomic mass is 9.82. The van der Waals surface area contributed by atoms with Crippen molar-refractivity contribution in [3.8, 4) is 11.1 Å². The summed E-state index contributed by atoms with van der Waals surface area (Å²) in [5, 5.41) is 0. The maximum absolute atomic E-state index is 11.5. The van der Waals surface area contributed by atoms with Gasteiger partial charge in [0.25, 0.3) is 0 Å². The molecule has 0 unspecified atom stereocenters. The van der Waals surface area contributed by atoms with Gasteiger partial charge in [-0.3, -0.25) is 4.79 Å². The van der Waals surface area contributed by atoms with Gasteiger partial charge in [-0.1, -0.05) is 18.2 Å². The molecule has 0 amide bonds. The first-order valence-corrected chi connectivity index (χ1v) is 4.77. The lowest BCUT2D eigenvalue weighted by molar-refractivity contribution is 0.0969. The Morgan fingerprint density at radius 3 is 2.67 bits per heavy atom. The van der Waals surface area contributed by atoms with Crippen molar-refractivity contribution < 1.29 is 4.79 Å². The molecule has 1 heterocycles. The second-order valence-electron chi connectivity index (χ2n) is 3.57. The van der Waals surface area contributed by atoms with Crippen LogP contribution in [0.25, 0.3) is 11.1 Å². The second kappa shape index (κ2) is 2.98. The van der Waals surface area contributed by atoms with E-state index in [1.54, 1.807) is 12.4 Å². The molecule has 1 aromatic heterocycles. The normalized spacial score (nSPS) is 13.2. The van der Waals surface area contributed by atoms with Gasteiger partial charge in [-0.15, -0.1) is 0 Å². The highest BCUT2D eigenvalue weighted by Gasteiger charge is 2.26. The number of hydrogen-bond donors (Lipinski definition) is 0. The summed E-state index contributed by atoms with van der Waals surface area (Å²) < 4.78 is 0. The van der Waals surface area contributed by atoms with Crippen molar-refractivity contribution in [3.63, 3.8) is 0 Å². The molecule has 0 saturated heterocycles. The van der Waals surface area contributed by atoms with Crippen LogP contribution in [0.5, 0.6) is 0 Å². The Balaban J connectivity index is 2.22. The number of carbonyl (C=O) groups excluding carboxylic acids is 1. The number of ketones is 1. The van der Waals surface area contributed by atoms with E-state index in [2.05, 4.69) is 9.97 Å². The van der Waals surface area contributed by atoms with Crippen LogP contribution in [0.15, 0.2) is 36.9 Å². The minimum absolute atomic E-state index is 0.212. The molecular formula is C12H8N2O. The Kier molecular flexibility index (Phi) is 1.65. The van der Waals surface area contributed by atoms with Crippen LogP contribution in [0.2, 0.25) is 0 Å². The number of aromatic nitrogens is 2. The van der Waals surface area contributed by atoms with Crippen molar-refractivity contribution in [2.75, 3.05) is 0 Å². The predicted molar refractivity (Wildman–Crippen MR) is 55.5 cm³/mol. The maximum atomic E-state index is 11.5. The molecule has 0 atom stereocenters. The van der Waals surface area contributed by atoms with Gasteiger partial charge < -0.3 is 0 Å². The number of fused-ring (bicyclic) bond motifs is 1. The first kappa shape index (κ1) is 8.29. The number of hydrogen-bond acceptors (Lipinski definition) is 3. The Labute approximate surface area is 86.8 Å². The van der Waals surface area contributed by atoms with Crippen LogP contribution in [0.4, 0.5) is 0 Å². The third-order valence-electron chi connectivity index (χ3n) is 2.65. The molecule has 2 aromatic rings. The summed E-state index contributed by atoms with van der Waals surface area (Å²) in [4.78, 5) is 19.4. The number of Topliss-reactive ketones (excluding diaryl/α,β-unsaturated/α-hetero) is 1. The lowest BCUT2D eigenvalue weighted by Gasteiger charge is -2.20. The summed E-state index contributed by atoms with van der Waals surface area (Å²) in [6.45, 7) is 0. The number of nitrogens with zero attached hydrogens (tertiary/aromatic N) is 2. The van der Waals surface area contributed by atoms with Crippen LogP contribution in [-0.4, -0.2) is 15.8 Å². The smallest absolute Gasteiger partial charge is 0.168 e. The third kappa shape index (κ3) is 1.16. The summed E-state index contributed by atoms with van der Waals surface area (Å²) in [7, 11) is 0. The minimum atomic E-state index is 0.212. The topological polar surface area (TPSA) is 42.9 Å². The van der Waals surface area contributed by atoms with Crippen LogP contribution >= 0.6 is 0 Å². The molecule has 0 spiro atoms. The first-order valence-electron chi connectivity index (χ1n) is 4.77. The Morgan fingerprint density at radius 1 is 1.13 bits per heavy atom. The number of rotatable bonds is 1. The van der Waals surface area contributed by atoms with E-state index in [0.29, 0.717) is 6.42 Å². The molecule has 0 N–H and O–H groups in total. The standard InChI is InChI=1S/C12H8N2O/c15-11-4-8-2-1-3-10(12(8)11)9-5-13-7-14-6-9/h1-3,5-7H,4H2. The molecule has 3 heteroatoms. The summed E-state index contributed by atoms with van der Waals surface area (Å²) in [5.41, 5.74) is 3.82. The largest absolute Gasteiger partial charge is 0.294 e. The molecule has 0 bridgehead atoms. The van der Waals surface area contributed by atoms with Crippen molar-refractivity contribution in [2.24, 2.45) is 0 Å². The predicted octanol–water partition coefficient (Wildman–Crippen LogP) is 1.88. The van der Waals surface area contributed by atoms with Gasteiger partial charge in [0, 0.05) is 29.9 Å². The zero-order valence-corrected chi connectivity index (χ0v) is 7.97. The molecule has 0 aliphatic heterocycles. The van der Waals surface area contributed by atoms with E-state index in [0.717, 1.165) is 22.3 Å². The van der Waals surface area contributed by atoms with Crippen molar-refractivity contribution in [1.82, 2.24) is 9.97 Å². The quantitative estimate of drug-likeness (QED) is 0.699. The summed E-state index contributed by atoms with van der Waals surface area (Å²) in [6.07, 6.45) is 5.51. The Morgan fingerprint density at radius 2 is 1.93 bits per heavy atom. The van der Waals surface area contributed by atoms with Gasteiger partial charge in [0.2, 0.25) is 0 Å². The zero-order valence-electron chi connectivity index (χ0n) is 7.97. The fourth-order valence-corrected chi connectivity index (χ4v) is 1.91. The van der Waals surface area contributed by atoms with E-state index in [-0.39, 0.29) is 5.78 Å². The van der Waals surface area contributed by atoms with Crippen LogP contribution in [0.3, 0.4) is 0 Å². The van der Waals surface area contributed by atoms with Crippen LogP contribution < -0.4 is 0 Å². The molecule has 0 saturated carbocycles. The molecule has 0 fully saturated rings. The van der Waals surface area contributed by atoms with Gasteiger partial charge in [-0.2, -0.15) is 0 Å². The molecule has 3 nitrogen and oxygen atoms in total. The van der Waals surface area contributed by atoms with E-state index in [4.69, 9.17) is 0 Å². The fourth-order valence-electron chi connectivity index (χ4n) is 1.91. The zero-order chi connectivity index (χ0) is 10.3. The molecule has 1 aromatic carbocycles. The van der Waals surface area contributed by atoms with Crippen LogP contribution in [-0.2, 0) is 6.42 Å². The highest BCUT2D eigenvalue weighted by Crippen LogP contribution is 2.32. The van der Waals surface area contributed by atoms with Crippen molar-refractivity contribution in [1.29, 1.82) is 0 Å². The first-order chi connectivity index (χ1) is 7.36. The van der Waals surface area contributed by atoms with Crippen LogP contribution in [0, 0.1) is 0 Å². The van der Waals surface area contributed by atoms with Gasteiger partial charge >= 0.3 is 0 Å². The van der Waals surface area contributed by atoms with E-state index < -0.39 is 0 Å². The van der Waals surface area contributed by atoms with E-state index in [1.165, 1.54) is 6.33 Å². The van der Waals surface area contributed by atoms with Crippen molar-refractivity contribution >= 4 is 5.78 Å². The Bertz CT molecular complexity index is 535. The van der Waals surface area contributed by atoms with E-state index in [1.807, 2.05) is 18.2 Å². The van der Waals surface area contributed by atoms with Crippen molar-refractivity contribution in [2.45, 2.75) is 6.42 Å². The fraction of sp³-hybridized carbons (Fsp3) is 0.0833. The SMILES string of the molecule is O=C1Cc2cccc(-c3cncnc3)c21. The van der Waals surface area contributed by atoms with Gasteiger partial charge in [0.1, 0.15) is 6.33 Å². The molecule has 3 rings (SSSR count). The average molecular weight is 196 g/mol. The van der Waals surface area contributed by atoms with Gasteiger partial charge in [-0.05, 0) is 11.1 Å². The molecular weight excluding hydrogens is 188 g/mol. The van der Waals surface area contributed by atoms with E-state index in [9.17, 15) is 4.79 Å². The average Bonchev–Trinajstić information content (AvgIpc) is 2.28. The summed E-state index contributed by atoms with van der Waals surface area (Å²) in [5.74, 6) is 0.212. The molecule has 72 valence electrons. The van der Waals surface area contributed by atoms with E-state index >= 15 is 0 Å². The number of carbonyl (C=O) groups is 1. The van der Waals surface area contributed by atoms with Gasteiger partial charge in [0.05, 0.1) is 0 Å². The molecule has 15 heavy (non-hydrogen) atoms. The van der Waals surface area contributed by atoms with Gasteiger partial charge in [-0.25, -0.2) is 9.97 Å². The molecule has 1 aliphatic rings. The maximum Gasteiger partial charge on any atom is 0.168 e. The lowest BCUT2D eigenvalue weighted by Crippen LogP contribution is -2.19. The highest BCUT2D eigenvalue weighted by atomic mass is 16.1.